The monoisotopic (exact) mass is 339 g/mol. The number of aromatic amines is 1. The van der Waals surface area contributed by atoms with Crippen LogP contribution in [-0.2, 0) is 0 Å². The molecule has 0 saturated carbocycles. The van der Waals surface area contributed by atoms with E-state index in [2.05, 4.69) is 15.2 Å². The Balaban J connectivity index is 2.06. The first-order chi connectivity index (χ1) is 10.0. The molecule has 0 aliphatic heterocycles. The van der Waals surface area contributed by atoms with Crippen LogP contribution in [0.25, 0.3) is 10.9 Å². The molecule has 0 unspecified atom stereocenters. The molecule has 0 radical (unpaired) electrons. The van der Waals surface area contributed by atoms with Gasteiger partial charge in [-0.15, -0.1) is 5.11 Å². The Morgan fingerprint density at radius 1 is 0.857 bits per heavy atom. The molecule has 7 heteroatoms. The standard InChI is InChI=1S/C14H8Cl3N3O/c15-7-1-2-12-11(6-7)13(14(21)18-12)20-19-10-4-8(16)3-9(17)5-10/h1-6,18,21H. The lowest BCUT2D eigenvalue weighted by Crippen LogP contribution is -1.68. The van der Waals surface area contributed by atoms with Crippen LogP contribution >= 0.6 is 34.8 Å². The second kappa shape index (κ2) is 5.56. The molecule has 3 rings (SSSR count). The molecule has 1 aromatic heterocycles. The number of aromatic hydroxyl groups is 1. The molecule has 0 spiro atoms. The van der Waals surface area contributed by atoms with E-state index in [9.17, 15) is 5.11 Å². The zero-order chi connectivity index (χ0) is 15.0. The molecular weight excluding hydrogens is 333 g/mol. The van der Waals surface area contributed by atoms with Crippen LogP contribution in [-0.4, -0.2) is 10.1 Å². The number of nitrogens with one attached hydrogen (secondary N) is 1. The van der Waals surface area contributed by atoms with Crippen LogP contribution in [0.15, 0.2) is 46.6 Å². The number of fused-ring (bicyclic) bond motifs is 1. The van der Waals surface area contributed by atoms with Crippen molar-refractivity contribution in [3.8, 4) is 5.88 Å². The molecule has 0 fully saturated rings. The minimum atomic E-state index is -0.0795. The normalized spacial score (nSPS) is 11.6. The van der Waals surface area contributed by atoms with Crippen LogP contribution in [0.1, 0.15) is 0 Å². The number of nitrogens with zero attached hydrogens (tertiary/aromatic N) is 2. The van der Waals surface area contributed by atoms with Gasteiger partial charge in [0.25, 0.3) is 0 Å². The Kier molecular flexibility index (Phi) is 3.76. The lowest BCUT2D eigenvalue weighted by Gasteiger charge is -1.96. The van der Waals surface area contributed by atoms with Crippen molar-refractivity contribution in [1.82, 2.24) is 4.98 Å². The highest BCUT2D eigenvalue weighted by Gasteiger charge is 2.10. The number of rotatable bonds is 2. The summed E-state index contributed by atoms with van der Waals surface area (Å²) in [6.45, 7) is 0. The van der Waals surface area contributed by atoms with Crippen molar-refractivity contribution < 1.29 is 5.11 Å². The molecule has 0 amide bonds. The molecule has 0 bridgehead atoms. The number of azo groups is 1. The van der Waals surface area contributed by atoms with Crippen molar-refractivity contribution in [2.45, 2.75) is 0 Å². The molecule has 0 aliphatic rings. The van der Waals surface area contributed by atoms with E-state index in [1.54, 1.807) is 36.4 Å². The van der Waals surface area contributed by atoms with Gasteiger partial charge < -0.3 is 10.1 Å². The van der Waals surface area contributed by atoms with Gasteiger partial charge in [0.15, 0.2) is 5.69 Å². The third-order valence-corrected chi connectivity index (χ3v) is 3.50. The van der Waals surface area contributed by atoms with Gasteiger partial charge in [0.05, 0.1) is 11.2 Å². The maximum Gasteiger partial charge on any atom is 0.218 e. The average molecular weight is 341 g/mol. The summed E-state index contributed by atoms with van der Waals surface area (Å²) in [4.78, 5) is 2.80. The van der Waals surface area contributed by atoms with Crippen molar-refractivity contribution in [3.63, 3.8) is 0 Å². The molecule has 0 aliphatic carbocycles. The highest BCUT2D eigenvalue weighted by molar-refractivity contribution is 6.35. The van der Waals surface area contributed by atoms with Crippen LogP contribution in [0.4, 0.5) is 11.4 Å². The third kappa shape index (κ3) is 2.97. The number of halogens is 3. The van der Waals surface area contributed by atoms with E-state index in [4.69, 9.17) is 34.8 Å². The molecule has 0 atom stereocenters. The number of hydrogen-bond donors (Lipinski definition) is 2. The van der Waals surface area contributed by atoms with Crippen molar-refractivity contribution in [2.75, 3.05) is 0 Å². The first-order valence-electron chi connectivity index (χ1n) is 5.91. The van der Waals surface area contributed by atoms with Crippen LogP contribution < -0.4 is 0 Å². The number of hydrogen-bond acceptors (Lipinski definition) is 3. The Hall–Kier alpha value is -1.75. The Morgan fingerprint density at radius 2 is 1.57 bits per heavy atom. The highest BCUT2D eigenvalue weighted by Crippen LogP contribution is 2.37. The largest absolute Gasteiger partial charge is 0.493 e. The van der Waals surface area contributed by atoms with E-state index in [-0.39, 0.29) is 5.88 Å². The fourth-order valence-electron chi connectivity index (χ4n) is 1.94. The Morgan fingerprint density at radius 3 is 2.29 bits per heavy atom. The van der Waals surface area contributed by atoms with E-state index in [0.717, 1.165) is 5.52 Å². The van der Waals surface area contributed by atoms with Crippen molar-refractivity contribution >= 4 is 57.1 Å². The van der Waals surface area contributed by atoms with Gasteiger partial charge in [0.2, 0.25) is 5.88 Å². The predicted octanol–water partition coefficient (Wildman–Crippen LogP) is 6.25. The van der Waals surface area contributed by atoms with E-state index in [1.165, 1.54) is 0 Å². The quantitative estimate of drug-likeness (QED) is 0.532. The van der Waals surface area contributed by atoms with Gasteiger partial charge in [0, 0.05) is 20.5 Å². The van der Waals surface area contributed by atoms with Crippen LogP contribution in [0.3, 0.4) is 0 Å². The lowest BCUT2D eigenvalue weighted by atomic mass is 10.2. The van der Waals surface area contributed by atoms with E-state index >= 15 is 0 Å². The Labute approximate surface area is 135 Å². The minimum Gasteiger partial charge on any atom is -0.493 e. The molecule has 2 N–H and O–H groups in total. The van der Waals surface area contributed by atoms with Gasteiger partial charge in [-0.1, -0.05) is 34.8 Å². The van der Waals surface area contributed by atoms with Gasteiger partial charge in [-0.05, 0) is 36.4 Å². The summed E-state index contributed by atoms with van der Waals surface area (Å²) in [5, 5.41) is 20.2. The number of aromatic nitrogens is 1. The van der Waals surface area contributed by atoms with Gasteiger partial charge in [-0.25, -0.2) is 0 Å². The van der Waals surface area contributed by atoms with E-state index in [1.807, 2.05) is 0 Å². The number of H-pyrrole nitrogens is 1. The van der Waals surface area contributed by atoms with Gasteiger partial charge >= 0.3 is 0 Å². The van der Waals surface area contributed by atoms with Gasteiger partial charge in [-0.3, -0.25) is 0 Å². The maximum absolute atomic E-state index is 9.91. The van der Waals surface area contributed by atoms with Crippen LogP contribution in [0.5, 0.6) is 5.88 Å². The summed E-state index contributed by atoms with van der Waals surface area (Å²) >= 11 is 17.8. The third-order valence-electron chi connectivity index (χ3n) is 2.83. The van der Waals surface area contributed by atoms with Crippen LogP contribution in [0, 0.1) is 0 Å². The minimum absolute atomic E-state index is 0.0795. The first-order valence-corrected chi connectivity index (χ1v) is 7.04. The molecule has 106 valence electrons. The summed E-state index contributed by atoms with van der Waals surface area (Å²) in [6.07, 6.45) is 0. The summed E-state index contributed by atoms with van der Waals surface area (Å²) in [5.41, 5.74) is 1.52. The molecule has 2 aromatic carbocycles. The zero-order valence-electron chi connectivity index (χ0n) is 10.4. The van der Waals surface area contributed by atoms with E-state index < -0.39 is 0 Å². The summed E-state index contributed by atoms with van der Waals surface area (Å²) < 4.78 is 0. The number of benzene rings is 2. The lowest BCUT2D eigenvalue weighted by molar-refractivity contribution is 0.459. The molecule has 3 aromatic rings. The molecule has 1 heterocycles. The van der Waals surface area contributed by atoms with Crippen molar-refractivity contribution in [1.29, 1.82) is 0 Å². The SMILES string of the molecule is Oc1[nH]c2ccc(Cl)cc2c1N=Nc1cc(Cl)cc(Cl)c1. The maximum atomic E-state index is 9.91. The molecule has 4 nitrogen and oxygen atoms in total. The van der Waals surface area contributed by atoms with Crippen LogP contribution in [0.2, 0.25) is 15.1 Å². The Bertz CT molecular complexity index is 838. The zero-order valence-corrected chi connectivity index (χ0v) is 12.7. The van der Waals surface area contributed by atoms with Crippen molar-refractivity contribution in [3.05, 3.63) is 51.5 Å². The van der Waals surface area contributed by atoms with E-state index in [0.29, 0.717) is 31.8 Å². The van der Waals surface area contributed by atoms with Crippen molar-refractivity contribution in [2.24, 2.45) is 10.2 Å². The summed E-state index contributed by atoms with van der Waals surface area (Å²) in [6, 6.07) is 10.0. The fourth-order valence-corrected chi connectivity index (χ4v) is 2.63. The highest BCUT2D eigenvalue weighted by atomic mass is 35.5. The average Bonchev–Trinajstić information content (AvgIpc) is 2.70. The predicted molar refractivity (Wildman–Crippen MR) is 85.6 cm³/mol. The van der Waals surface area contributed by atoms with Gasteiger partial charge in [-0.2, -0.15) is 5.11 Å². The topological polar surface area (TPSA) is 60.7 Å². The summed E-state index contributed by atoms with van der Waals surface area (Å²) in [5.74, 6) is -0.0795. The van der Waals surface area contributed by atoms with Gasteiger partial charge in [0.1, 0.15) is 0 Å². The summed E-state index contributed by atoms with van der Waals surface area (Å²) in [7, 11) is 0. The second-order valence-corrected chi connectivity index (χ2v) is 5.65. The molecule has 21 heavy (non-hydrogen) atoms. The fraction of sp³-hybridized carbons (Fsp3) is 0. The first kappa shape index (κ1) is 14.2. The molecular formula is C14H8Cl3N3O. The second-order valence-electron chi connectivity index (χ2n) is 4.34. The molecule has 0 saturated heterocycles. The smallest absolute Gasteiger partial charge is 0.218 e.